The fourth-order valence-corrected chi connectivity index (χ4v) is 5.07. The molecule has 4 unspecified atom stereocenters. The van der Waals surface area contributed by atoms with Gasteiger partial charge in [0, 0.05) is 26.2 Å². The smallest absolute Gasteiger partial charge is 0.373 e. The number of hydrogen-bond acceptors (Lipinski definition) is 4. The Morgan fingerprint density at radius 1 is 1.12 bits per heavy atom. The van der Waals surface area contributed by atoms with E-state index < -0.39 is 46.2 Å². The summed E-state index contributed by atoms with van der Waals surface area (Å²) in [6.07, 6.45) is -5.26. The highest BCUT2D eigenvalue weighted by molar-refractivity contribution is 7.89. The first-order valence-corrected chi connectivity index (χ1v) is 9.75. The monoisotopic (exact) mass is 370 g/mol. The van der Waals surface area contributed by atoms with Gasteiger partial charge >= 0.3 is 6.18 Å². The maximum Gasteiger partial charge on any atom is 0.395 e. The van der Waals surface area contributed by atoms with Gasteiger partial charge in [0.1, 0.15) is 0 Å². The summed E-state index contributed by atoms with van der Waals surface area (Å²) >= 11 is 0. The molecule has 0 aromatic carbocycles. The van der Waals surface area contributed by atoms with Gasteiger partial charge in [-0.1, -0.05) is 0 Å². The Kier molecular flexibility index (Phi) is 4.59. The lowest BCUT2D eigenvalue weighted by Crippen LogP contribution is -2.55. The molecule has 3 aliphatic heterocycles. The van der Waals surface area contributed by atoms with E-state index in [2.05, 4.69) is 0 Å². The molecule has 2 bridgehead atoms. The Morgan fingerprint density at radius 2 is 1.71 bits per heavy atom. The largest absolute Gasteiger partial charge is 0.395 e. The van der Waals surface area contributed by atoms with Gasteiger partial charge < -0.3 is 9.64 Å². The van der Waals surface area contributed by atoms with Crippen LogP contribution in [0.25, 0.3) is 0 Å². The van der Waals surface area contributed by atoms with Crippen molar-refractivity contribution in [1.82, 2.24) is 9.21 Å². The highest BCUT2D eigenvalue weighted by atomic mass is 32.2. The molecule has 3 heterocycles. The maximum absolute atomic E-state index is 13.3. The third kappa shape index (κ3) is 3.03. The molecule has 0 aromatic heterocycles. The lowest BCUT2D eigenvalue weighted by Gasteiger charge is -2.37. The third-order valence-electron chi connectivity index (χ3n) is 5.24. The quantitative estimate of drug-likeness (QED) is 0.738. The molecule has 1 amide bonds. The minimum absolute atomic E-state index is 0.0304. The summed E-state index contributed by atoms with van der Waals surface area (Å²) in [5.74, 6) is -3.53. The first kappa shape index (κ1) is 17.9. The van der Waals surface area contributed by atoms with E-state index in [4.69, 9.17) is 4.74 Å². The molecule has 4 atom stereocenters. The number of alkyl halides is 3. The van der Waals surface area contributed by atoms with E-state index in [0.717, 1.165) is 0 Å². The molecule has 138 valence electrons. The highest BCUT2D eigenvalue weighted by Gasteiger charge is 2.63. The first-order valence-electron chi connectivity index (χ1n) is 8.14. The normalized spacial score (nSPS) is 34.8. The Hall–Kier alpha value is -0.870. The summed E-state index contributed by atoms with van der Waals surface area (Å²) in [6, 6.07) is 0. The second kappa shape index (κ2) is 6.14. The summed E-state index contributed by atoms with van der Waals surface area (Å²) in [5.41, 5.74) is 0. The summed E-state index contributed by atoms with van der Waals surface area (Å²) in [7, 11) is -3.34. The van der Waals surface area contributed by atoms with Gasteiger partial charge in [-0.15, -0.1) is 0 Å². The zero-order valence-corrected chi connectivity index (χ0v) is 14.1. The third-order valence-corrected chi connectivity index (χ3v) is 7.13. The molecule has 3 saturated heterocycles. The van der Waals surface area contributed by atoms with Crippen molar-refractivity contribution in [3.05, 3.63) is 0 Å². The maximum atomic E-state index is 13.3. The highest BCUT2D eigenvalue weighted by Crippen LogP contribution is 2.51. The number of ether oxygens (including phenoxy) is 1. The fraction of sp³-hybridized carbons (Fsp3) is 0.929. The topological polar surface area (TPSA) is 66.9 Å². The van der Waals surface area contributed by atoms with E-state index >= 15 is 0 Å². The van der Waals surface area contributed by atoms with Crippen molar-refractivity contribution in [2.45, 2.75) is 38.1 Å². The number of piperazine rings is 1. The molecule has 0 saturated carbocycles. The number of carbonyl (C=O) groups excluding carboxylic acids is 1. The van der Waals surface area contributed by atoms with Gasteiger partial charge in [-0.25, -0.2) is 8.42 Å². The minimum Gasteiger partial charge on any atom is -0.373 e. The van der Waals surface area contributed by atoms with E-state index in [1.165, 1.54) is 16.1 Å². The van der Waals surface area contributed by atoms with Crippen LogP contribution in [0.15, 0.2) is 0 Å². The second-order valence-electron chi connectivity index (χ2n) is 6.51. The number of sulfonamides is 1. The lowest BCUT2D eigenvalue weighted by molar-refractivity contribution is -0.199. The van der Waals surface area contributed by atoms with Gasteiger partial charge in [-0.2, -0.15) is 17.5 Å². The minimum atomic E-state index is -4.46. The molecule has 24 heavy (non-hydrogen) atoms. The standard InChI is InChI=1S/C14H21F3N2O4S/c1-2-24(21,22)19-7-5-18(6-8-19)13(20)11-9-3-4-10(23-9)12(11)14(15,16)17/h9-12H,2-8H2,1H3. The summed E-state index contributed by atoms with van der Waals surface area (Å²) in [4.78, 5) is 14.0. The molecular weight excluding hydrogens is 349 g/mol. The van der Waals surface area contributed by atoms with Crippen LogP contribution in [0.1, 0.15) is 19.8 Å². The average Bonchev–Trinajstić information content (AvgIpc) is 3.14. The summed E-state index contributed by atoms with van der Waals surface area (Å²) in [5, 5.41) is 0. The van der Waals surface area contributed by atoms with Crippen molar-refractivity contribution >= 4 is 15.9 Å². The van der Waals surface area contributed by atoms with Gasteiger partial charge in [0.2, 0.25) is 15.9 Å². The molecule has 6 nitrogen and oxygen atoms in total. The van der Waals surface area contributed by atoms with Crippen LogP contribution >= 0.6 is 0 Å². The predicted octanol–water partition coefficient (Wildman–Crippen LogP) is 0.836. The van der Waals surface area contributed by atoms with E-state index in [1.807, 2.05) is 0 Å². The molecule has 0 aliphatic carbocycles. The summed E-state index contributed by atoms with van der Waals surface area (Å²) in [6.45, 7) is 2.03. The van der Waals surface area contributed by atoms with Gasteiger partial charge in [0.05, 0.1) is 29.8 Å². The van der Waals surface area contributed by atoms with Crippen LogP contribution in [0, 0.1) is 11.8 Å². The van der Waals surface area contributed by atoms with Gasteiger partial charge in [-0.05, 0) is 19.8 Å². The number of fused-ring (bicyclic) bond motifs is 2. The average molecular weight is 370 g/mol. The van der Waals surface area contributed by atoms with Crippen molar-refractivity contribution in [1.29, 1.82) is 0 Å². The van der Waals surface area contributed by atoms with Crippen LogP contribution in [0.4, 0.5) is 13.2 Å². The molecule has 3 fully saturated rings. The number of hydrogen-bond donors (Lipinski definition) is 0. The summed E-state index contributed by atoms with van der Waals surface area (Å²) < 4.78 is 70.3. The van der Waals surface area contributed by atoms with Crippen LogP contribution in [0.3, 0.4) is 0 Å². The SMILES string of the molecule is CCS(=O)(=O)N1CCN(C(=O)C2C3CCC(O3)C2C(F)(F)F)CC1. The molecule has 10 heteroatoms. The van der Waals surface area contributed by atoms with Crippen molar-refractivity contribution in [3.8, 4) is 0 Å². The molecule has 0 spiro atoms. The first-order chi connectivity index (χ1) is 11.1. The number of amides is 1. The van der Waals surface area contributed by atoms with Crippen LogP contribution < -0.4 is 0 Å². The molecule has 3 aliphatic rings. The number of nitrogens with zero attached hydrogens (tertiary/aromatic N) is 2. The van der Waals surface area contributed by atoms with E-state index in [9.17, 15) is 26.4 Å². The number of carbonyl (C=O) groups is 1. The van der Waals surface area contributed by atoms with Crippen LogP contribution in [-0.2, 0) is 19.6 Å². The molecule has 3 rings (SSSR count). The van der Waals surface area contributed by atoms with Crippen molar-refractivity contribution in [3.63, 3.8) is 0 Å². The van der Waals surface area contributed by atoms with Gasteiger partial charge in [0.25, 0.3) is 0 Å². The molecular formula is C14H21F3N2O4S. The number of rotatable bonds is 3. The second-order valence-corrected chi connectivity index (χ2v) is 8.77. The Bertz CT molecular complexity index is 602. The molecule has 0 aromatic rings. The fourth-order valence-electron chi connectivity index (χ4n) is 3.99. The van der Waals surface area contributed by atoms with Gasteiger partial charge in [0.15, 0.2) is 0 Å². The van der Waals surface area contributed by atoms with Gasteiger partial charge in [-0.3, -0.25) is 4.79 Å². The molecule has 0 radical (unpaired) electrons. The van der Waals surface area contributed by atoms with Crippen molar-refractivity contribution in [2.75, 3.05) is 31.9 Å². The van der Waals surface area contributed by atoms with Crippen LogP contribution in [-0.4, -0.2) is 73.8 Å². The van der Waals surface area contributed by atoms with E-state index in [0.29, 0.717) is 12.8 Å². The Labute approximate surface area is 139 Å². The number of halogens is 3. The van der Waals surface area contributed by atoms with Crippen molar-refractivity contribution in [2.24, 2.45) is 11.8 Å². The van der Waals surface area contributed by atoms with Crippen LogP contribution in [0.2, 0.25) is 0 Å². The van der Waals surface area contributed by atoms with Crippen LogP contribution in [0.5, 0.6) is 0 Å². The Morgan fingerprint density at radius 3 is 2.25 bits per heavy atom. The lowest BCUT2D eigenvalue weighted by atomic mass is 9.78. The Balaban J connectivity index is 1.69. The van der Waals surface area contributed by atoms with Crippen molar-refractivity contribution < 1.29 is 31.1 Å². The molecule has 0 N–H and O–H groups in total. The van der Waals surface area contributed by atoms with E-state index in [-0.39, 0.29) is 31.9 Å². The zero-order valence-electron chi connectivity index (χ0n) is 13.3. The zero-order chi connectivity index (χ0) is 17.7. The van der Waals surface area contributed by atoms with E-state index in [1.54, 1.807) is 0 Å². The predicted molar refractivity (Wildman–Crippen MR) is 78.5 cm³/mol.